The molecule has 0 aliphatic carbocycles. The second-order valence-corrected chi connectivity index (χ2v) is 30.4. The topological polar surface area (TPSA) is 41.3 Å². The van der Waals surface area contributed by atoms with Crippen molar-refractivity contribution in [3.63, 3.8) is 0 Å². The summed E-state index contributed by atoms with van der Waals surface area (Å²) in [5.41, 5.74) is 15.0. The molecule has 0 unspecified atom stereocenters. The van der Waals surface area contributed by atoms with Gasteiger partial charge in [0.1, 0.15) is 55.5 Å². The van der Waals surface area contributed by atoms with Gasteiger partial charge < -0.3 is 18.9 Å². The predicted molar refractivity (Wildman–Crippen MR) is 443 cm³/mol. The summed E-state index contributed by atoms with van der Waals surface area (Å²) in [6.45, 7) is 57.1. The first-order valence-electron chi connectivity index (χ1n) is 36.6. The fourth-order valence-corrected chi connectivity index (χ4v) is 12.2. The predicted octanol–water partition coefficient (Wildman–Crippen LogP) is 30.7. The highest BCUT2D eigenvalue weighted by molar-refractivity contribution is 6.33. The average molecular weight is 1530 g/mol. The van der Waals surface area contributed by atoms with Crippen LogP contribution in [0.1, 0.15) is 269 Å². The summed E-state index contributed by atoms with van der Waals surface area (Å²) in [6, 6.07) is 45.6. The molecule has 0 N–H and O–H groups in total. The van der Waals surface area contributed by atoms with E-state index in [-0.39, 0.29) is 83.6 Å². The van der Waals surface area contributed by atoms with Crippen LogP contribution < -0.4 is 18.9 Å². The summed E-state index contributed by atoms with van der Waals surface area (Å²) in [5, 5.41) is 2.49. The van der Waals surface area contributed by atoms with Gasteiger partial charge in [-0.15, -0.1) is 0 Å². The Balaban J connectivity index is 0.000000409. The Morgan fingerprint density at radius 2 is 0.701 bits per heavy atom. The SMILES string of the molecule is C.CC(C)c1ccc2c(c1Cl)OCCO2.CC(C)c1ccc2c(c1F)OCCO2.Cc1ccc(C(C)C)c(F)c1.Cc1ccc(Cl)c(C(C)C)c1.Cc1ccc(F)c(C(C)C)c1.Cc1cccc(C(C)C)c1Cl.Cc1cccc(C(C)C)c1F.Cc1cccc(F)c1C(C)C.[C-]#[N+]c1ccc(F)c(C(C)C)c1. The first kappa shape index (κ1) is 95.2. The summed E-state index contributed by atoms with van der Waals surface area (Å²) >= 11 is 18.3. The molecule has 0 saturated carbocycles. The Labute approximate surface area is 654 Å². The monoisotopic (exact) mass is 1530 g/mol. The van der Waals surface area contributed by atoms with Crippen LogP contribution in [0.25, 0.3) is 4.85 Å². The van der Waals surface area contributed by atoms with Crippen molar-refractivity contribution in [3.05, 3.63) is 296 Å². The van der Waals surface area contributed by atoms with Crippen molar-refractivity contribution >= 4 is 40.5 Å². The van der Waals surface area contributed by atoms with Crippen molar-refractivity contribution in [1.82, 2.24) is 0 Å². The Morgan fingerprint density at radius 1 is 0.318 bits per heavy atom. The number of rotatable bonds is 9. The standard InChI is InChI=1S/C11H13ClO2.C11H13FO2.2C10H13Cl.C10H10FN.4C10H13F.CH4/c2*1-7(2)8-3-4-9-11(10(8)12)14-6-5-13-9;1-7(2)9-6-8(3)4-5-10(9)11;1-7(2)9-6-4-5-8(3)10(9)11;1-7(2)9-6-8(12-3)4-5-10(9)11;1-7(2)9-6-8(3)4-5-10(9)11;1-7(2)9-5-4-8(3)6-10(9)11;1-7(2)10-8(3)5-4-6-9(10)11;1-7(2)9-6-4-5-8(3)10(9)11;/h2*3-4,7H,5-6H2,1-2H3;2*4-7H,1-3H3;4-7H,1-2H3;4*4-7H,1-3H3;1H4. The van der Waals surface area contributed by atoms with Crippen LogP contribution in [0.5, 0.6) is 23.0 Å². The molecule has 2 aliphatic rings. The molecule has 0 atom stereocenters. The minimum absolute atomic E-state index is 0. The molecule has 0 spiro atoms. The molecule has 107 heavy (non-hydrogen) atoms. The summed E-state index contributed by atoms with van der Waals surface area (Å²) < 4.78 is 101. The molecular weight excluding hydrogens is 1420 g/mol. The van der Waals surface area contributed by atoms with Gasteiger partial charge in [-0.25, -0.2) is 31.2 Å². The molecule has 5 nitrogen and oxygen atoms in total. The van der Waals surface area contributed by atoms with Gasteiger partial charge in [-0.1, -0.05) is 287 Å². The number of aryl methyl sites for hydroxylation is 6. The van der Waals surface area contributed by atoms with Gasteiger partial charge in [-0.05, 0) is 210 Å². The third-order valence-corrected chi connectivity index (χ3v) is 18.4. The fourth-order valence-electron chi connectivity index (χ4n) is 11.0. The van der Waals surface area contributed by atoms with Gasteiger partial charge in [0, 0.05) is 10.0 Å². The Kier molecular flexibility index (Phi) is 41.9. The van der Waals surface area contributed by atoms with Gasteiger partial charge in [-0.3, -0.25) is 0 Å². The van der Waals surface area contributed by atoms with Crippen molar-refractivity contribution in [2.24, 2.45) is 0 Å². The highest BCUT2D eigenvalue weighted by Crippen LogP contribution is 2.42. The van der Waals surface area contributed by atoms with Gasteiger partial charge in [0.2, 0.25) is 0 Å². The zero-order chi connectivity index (χ0) is 80.0. The quantitative estimate of drug-likeness (QED) is 0.107. The van der Waals surface area contributed by atoms with Crippen molar-refractivity contribution in [3.8, 4) is 23.0 Å². The lowest BCUT2D eigenvalue weighted by atomic mass is 9.98. The minimum atomic E-state index is -0.280. The lowest BCUT2D eigenvalue weighted by Crippen LogP contribution is -2.17. The van der Waals surface area contributed by atoms with Crippen LogP contribution in [0.3, 0.4) is 0 Å². The molecule has 11 rings (SSSR count). The van der Waals surface area contributed by atoms with E-state index in [1.165, 1.54) is 41.0 Å². The maximum Gasteiger partial charge on any atom is 0.197 e. The van der Waals surface area contributed by atoms with Crippen LogP contribution >= 0.6 is 34.8 Å². The summed E-state index contributed by atoms with van der Waals surface area (Å²) in [5.74, 6) is 4.23. The molecule has 0 saturated heterocycles. The van der Waals surface area contributed by atoms with Crippen LogP contribution in [0, 0.1) is 83.0 Å². The van der Waals surface area contributed by atoms with E-state index in [0.717, 1.165) is 71.4 Å². The lowest BCUT2D eigenvalue weighted by molar-refractivity contribution is 0.164. The maximum atomic E-state index is 13.8. The molecular formula is C93H118Cl3F6NO4. The van der Waals surface area contributed by atoms with Crippen LogP contribution in [0.4, 0.5) is 32.0 Å². The molecule has 0 radical (unpaired) electrons. The van der Waals surface area contributed by atoms with Crippen LogP contribution in [0.2, 0.25) is 15.1 Å². The second kappa shape index (κ2) is 47.1. The number of halogens is 9. The molecule has 582 valence electrons. The van der Waals surface area contributed by atoms with Crippen LogP contribution in [0.15, 0.2) is 152 Å². The summed E-state index contributed by atoms with van der Waals surface area (Å²) in [6.07, 6.45) is 0. The third-order valence-electron chi connectivity index (χ3n) is 17.2. The van der Waals surface area contributed by atoms with Crippen molar-refractivity contribution in [2.75, 3.05) is 26.4 Å². The van der Waals surface area contributed by atoms with E-state index in [0.29, 0.717) is 77.5 Å². The smallest absolute Gasteiger partial charge is 0.197 e. The molecule has 0 fully saturated rings. The normalized spacial score (nSPS) is 11.5. The van der Waals surface area contributed by atoms with Gasteiger partial charge in [0.25, 0.3) is 0 Å². The molecule has 0 amide bonds. The number of nitrogens with zero attached hydrogens (tertiary/aromatic N) is 1. The van der Waals surface area contributed by atoms with E-state index in [1.807, 2.05) is 178 Å². The Morgan fingerprint density at radius 3 is 1.15 bits per heavy atom. The molecule has 9 aromatic rings. The van der Waals surface area contributed by atoms with Crippen molar-refractivity contribution in [2.45, 2.75) is 227 Å². The zero-order valence-corrected chi connectivity index (χ0v) is 69.2. The van der Waals surface area contributed by atoms with E-state index < -0.39 is 0 Å². The Hall–Kier alpha value is -7.88. The van der Waals surface area contributed by atoms with Crippen molar-refractivity contribution < 1.29 is 45.3 Å². The first-order chi connectivity index (χ1) is 49.7. The number of hydrogen-bond donors (Lipinski definition) is 0. The van der Waals surface area contributed by atoms with Gasteiger partial charge >= 0.3 is 0 Å². The molecule has 14 heteroatoms. The largest absolute Gasteiger partial charge is 0.486 e. The van der Waals surface area contributed by atoms with Crippen molar-refractivity contribution in [1.29, 1.82) is 0 Å². The van der Waals surface area contributed by atoms with Crippen LogP contribution in [-0.4, -0.2) is 26.4 Å². The van der Waals surface area contributed by atoms with Gasteiger partial charge in [-0.2, -0.15) is 0 Å². The molecule has 0 aromatic heterocycles. The van der Waals surface area contributed by atoms with Gasteiger partial charge in [0.05, 0.1) is 11.6 Å². The fraction of sp³-hybridized carbons (Fsp3) is 0.409. The molecule has 9 aromatic carbocycles. The van der Waals surface area contributed by atoms with E-state index in [2.05, 4.69) is 71.5 Å². The Bertz CT molecular complexity index is 4040. The molecule has 0 bridgehead atoms. The minimum Gasteiger partial charge on any atom is -0.486 e. The van der Waals surface area contributed by atoms with Crippen LogP contribution in [-0.2, 0) is 0 Å². The maximum absolute atomic E-state index is 13.8. The summed E-state index contributed by atoms with van der Waals surface area (Å²) in [7, 11) is 0. The highest BCUT2D eigenvalue weighted by atomic mass is 35.5. The second-order valence-electron chi connectivity index (χ2n) is 29.2. The van der Waals surface area contributed by atoms with Gasteiger partial charge in [0.15, 0.2) is 34.5 Å². The molecule has 2 heterocycles. The van der Waals surface area contributed by atoms with E-state index in [9.17, 15) is 26.3 Å². The average Bonchev–Trinajstić information content (AvgIpc) is 0.810. The zero-order valence-electron chi connectivity index (χ0n) is 66.9. The van der Waals surface area contributed by atoms with E-state index in [4.69, 9.17) is 60.3 Å². The summed E-state index contributed by atoms with van der Waals surface area (Å²) in [4.78, 5) is 3.24. The number of fused-ring (bicyclic) bond motifs is 2. The molecule has 2 aliphatic heterocycles. The highest BCUT2D eigenvalue weighted by Gasteiger charge is 2.22. The number of hydrogen-bond acceptors (Lipinski definition) is 4. The van der Waals surface area contributed by atoms with E-state index in [1.54, 1.807) is 49.4 Å². The van der Waals surface area contributed by atoms with E-state index >= 15 is 0 Å². The third kappa shape index (κ3) is 30.6. The lowest BCUT2D eigenvalue weighted by Gasteiger charge is -2.21. The first-order valence-corrected chi connectivity index (χ1v) is 37.7. The number of benzene rings is 9. The number of ether oxygens (including phenoxy) is 4.